The fraction of sp³-hybridized carbons (Fsp3) is 0.690. The van der Waals surface area contributed by atoms with Crippen LogP contribution in [0.15, 0.2) is 24.3 Å². The summed E-state index contributed by atoms with van der Waals surface area (Å²) in [5.41, 5.74) is 0.521. The molecule has 0 heterocycles. The molecule has 8 heteroatoms. The highest BCUT2D eigenvalue weighted by Crippen LogP contribution is 2.25. The summed E-state index contributed by atoms with van der Waals surface area (Å²) >= 11 is 0. The highest BCUT2D eigenvalue weighted by molar-refractivity contribution is 5.92. The Hall–Kier alpha value is -2.61. The number of nitrogens with one attached hydrogen (secondary N) is 2. The molecule has 8 nitrogen and oxygen atoms in total. The molecule has 0 radical (unpaired) electrons. The van der Waals surface area contributed by atoms with Crippen LogP contribution in [0.4, 0.5) is 4.79 Å². The molecule has 3 N–H and O–H groups in total. The van der Waals surface area contributed by atoms with Crippen molar-refractivity contribution >= 4 is 17.9 Å². The number of aliphatic hydroxyl groups excluding tert-OH is 1. The SMILES string of the molecule is CCCCCCCN(C(=O)C(CO)NC(=O)OC(C)(C)C)C(C(=O)NC(C)(C)C)c1ccc(CC)cc1. The number of amides is 3. The second-order valence-corrected chi connectivity index (χ2v) is 11.6. The quantitative estimate of drug-likeness (QED) is 0.322. The van der Waals surface area contributed by atoms with E-state index in [0.29, 0.717) is 18.5 Å². The number of alkyl carbamates (subject to hydrolysis) is 1. The number of rotatable bonds is 13. The lowest BCUT2D eigenvalue weighted by atomic mass is 9.98. The summed E-state index contributed by atoms with van der Waals surface area (Å²) < 4.78 is 5.30. The van der Waals surface area contributed by atoms with Crippen molar-refractivity contribution in [2.75, 3.05) is 13.2 Å². The van der Waals surface area contributed by atoms with Gasteiger partial charge in [0, 0.05) is 12.1 Å². The Labute approximate surface area is 223 Å². The maximum atomic E-state index is 13.8. The highest BCUT2D eigenvalue weighted by Gasteiger charge is 2.36. The van der Waals surface area contributed by atoms with Crippen LogP contribution in [-0.4, -0.2) is 58.2 Å². The molecule has 0 aliphatic carbocycles. The van der Waals surface area contributed by atoms with E-state index in [1.165, 1.54) is 4.90 Å². The molecule has 0 aromatic heterocycles. The fourth-order valence-corrected chi connectivity index (χ4v) is 3.93. The monoisotopic (exact) mass is 519 g/mol. The first kappa shape index (κ1) is 32.4. The van der Waals surface area contributed by atoms with E-state index in [1.54, 1.807) is 20.8 Å². The van der Waals surface area contributed by atoms with Gasteiger partial charge in [0.25, 0.3) is 0 Å². The van der Waals surface area contributed by atoms with Gasteiger partial charge in [0.15, 0.2) is 0 Å². The predicted molar refractivity (Wildman–Crippen MR) is 147 cm³/mol. The lowest BCUT2D eigenvalue weighted by Gasteiger charge is -2.35. The van der Waals surface area contributed by atoms with Crippen molar-refractivity contribution < 1.29 is 24.2 Å². The van der Waals surface area contributed by atoms with Gasteiger partial charge in [0.05, 0.1) is 6.61 Å². The molecule has 2 atom stereocenters. The summed E-state index contributed by atoms with van der Waals surface area (Å²) in [6.07, 6.45) is 4.88. The van der Waals surface area contributed by atoms with Gasteiger partial charge in [-0.2, -0.15) is 0 Å². The summed E-state index contributed by atoms with van der Waals surface area (Å²) in [5.74, 6) is -0.843. The number of nitrogens with zero attached hydrogens (tertiary/aromatic N) is 1. The molecule has 1 aromatic rings. The maximum absolute atomic E-state index is 13.8. The van der Waals surface area contributed by atoms with Crippen molar-refractivity contribution in [3.63, 3.8) is 0 Å². The van der Waals surface area contributed by atoms with E-state index in [4.69, 9.17) is 4.74 Å². The van der Waals surface area contributed by atoms with Crippen LogP contribution < -0.4 is 10.6 Å². The molecule has 2 unspecified atom stereocenters. The standard InChI is InChI=1S/C29H49N3O5/c1-9-11-12-13-14-19-32(26(35)23(20-33)30-27(36)37-29(6,7)8)24(25(34)31-28(3,4)5)22-17-15-21(10-2)16-18-22/h15-18,23-24,33H,9-14,19-20H2,1-8H3,(H,30,36)(H,31,34). The Kier molecular flexibility index (Phi) is 13.1. The van der Waals surface area contributed by atoms with Gasteiger partial charge >= 0.3 is 6.09 Å². The number of carbonyl (C=O) groups excluding carboxylic acids is 3. The number of benzene rings is 1. The molecule has 0 spiro atoms. The molecular weight excluding hydrogens is 470 g/mol. The summed E-state index contributed by atoms with van der Waals surface area (Å²) in [6, 6.07) is 5.50. The molecule has 210 valence electrons. The average molecular weight is 520 g/mol. The Morgan fingerprint density at radius 3 is 2.03 bits per heavy atom. The molecule has 3 amide bonds. The van der Waals surface area contributed by atoms with Crippen LogP contribution in [-0.2, 0) is 20.7 Å². The summed E-state index contributed by atoms with van der Waals surface area (Å²) in [7, 11) is 0. The number of carbonyl (C=O) groups is 3. The molecule has 0 saturated carbocycles. The summed E-state index contributed by atoms with van der Waals surface area (Å²) in [4.78, 5) is 41.4. The topological polar surface area (TPSA) is 108 Å². The number of ether oxygens (including phenoxy) is 1. The lowest BCUT2D eigenvalue weighted by molar-refractivity contribution is -0.144. The van der Waals surface area contributed by atoms with Gasteiger partial charge in [-0.1, -0.05) is 63.8 Å². The molecule has 0 aliphatic rings. The summed E-state index contributed by atoms with van der Waals surface area (Å²) in [6.45, 7) is 14.7. The lowest BCUT2D eigenvalue weighted by Crippen LogP contribution is -2.55. The molecule has 0 bridgehead atoms. The zero-order chi connectivity index (χ0) is 28.2. The van der Waals surface area contributed by atoms with Gasteiger partial charge in [-0.05, 0) is 65.5 Å². The number of aliphatic hydroxyl groups is 1. The van der Waals surface area contributed by atoms with E-state index in [-0.39, 0.29) is 5.91 Å². The minimum atomic E-state index is -1.25. The maximum Gasteiger partial charge on any atom is 0.408 e. The van der Waals surface area contributed by atoms with Gasteiger partial charge < -0.3 is 25.4 Å². The first-order valence-corrected chi connectivity index (χ1v) is 13.5. The number of aryl methyl sites for hydroxylation is 1. The van der Waals surface area contributed by atoms with Crippen molar-refractivity contribution in [1.29, 1.82) is 0 Å². The third-order valence-electron chi connectivity index (χ3n) is 5.72. The van der Waals surface area contributed by atoms with Crippen molar-refractivity contribution in [2.45, 2.75) is 117 Å². The Bertz CT molecular complexity index is 856. The average Bonchev–Trinajstić information content (AvgIpc) is 2.79. The smallest absolute Gasteiger partial charge is 0.408 e. The zero-order valence-electron chi connectivity index (χ0n) is 24.1. The second kappa shape index (κ2) is 15.0. The zero-order valence-corrected chi connectivity index (χ0v) is 24.1. The number of hydrogen-bond acceptors (Lipinski definition) is 5. The van der Waals surface area contributed by atoms with Crippen LogP contribution in [0.5, 0.6) is 0 Å². The van der Waals surface area contributed by atoms with E-state index in [1.807, 2.05) is 45.0 Å². The van der Waals surface area contributed by atoms with E-state index >= 15 is 0 Å². The number of unbranched alkanes of at least 4 members (excludes halogenated alkanes) is 4. The van der Waals surface area contributed by atoms with Crippen LogP contribution >= 0.6 is 0 Å². The Morgan fingerprint density at radius 1 is 0.946 bits per heavy atom. The van der Waals surface area contributed by atoms with Crippen LogP contribution in [0.1, 0.15) is 105 Å². The fourth-order valence-electron chi connectivity index (χ4n) is 3.93. The van der Waals surface area contributed by atoms with Gasteiger partial charge in [-0.3, -0.25) is 9.59 Å². The van der Waals surface area contributed by atoms with Gasteiger partial charge in [-0.15, -0.1) is 0 Å². The van der Waals surface area contributed by atoms with E-state index in [9.17, 15) is 19.5 Å². The van der Waals surface area contributed by atoms with Crippen molar-refractivity contribution in [1.82, 2.24) is 15.5 Å². The van der Waals surface area contributed by atoms with E-state index in [0.717, 1.165) is 37.7 Å². The Balaban J connectivity index is 3.40. The van der Waals surface area contributed by atoms with E-state index in [2.05, 4.69) is 24.5 Å². The Morgan fingerprint density at radius 2 is 1.54 bits per heavy atom. The first-order valence-electron chi connectivity index (χ1n) is 13.5. The van der Waals surface area contributed by atoms with Crippen LogP contribution in [0.25, 0.3) is 0 Å². The van der Waals surface area contributed by atoms with Crippen molar-refractivity contribution in [3.05, 3.63) is 35.4 Å². The van der Waals surface area contributed by atoms with Crippen LogP contribution in [0, 0.1) is 0 Å². The minimum Gasteiger partial charge on any atom is -0.444 e. The normalized spacial score (nSPS) is 13.4. The van der Waals surface area contributed by atoms with Gasteiger partial charge in [0.1, 0.15) is 17.7 Å². The molecule has 0 aliphatic heterocycles. The van der Waals surface area contributed by atoms with Crippen LogP contribution in [0.2, 0.25) is 0 Å². The molecule has 0 saturated heterocycles. The van der Waals surface area contributed by atoms with Gasteiger partial charge in [0.2, 0.25) is 11.8 Å². The molecule has 37 heavy (non-hydrogen) atoms. The summed E-state index contributed by atoms with van der Waals surface area (Å²) in [5, 5.41) is 15.6. The third kappa shape index (κ3) is 12.0. The first-order chi connectivity index (χ1) is 17.2. The highest BCUT2D eigenvalue weighted by atomic mass is 16.6. The van der Waals surface area contributed by atoms with Crippen molar-refractivity contribution in [2.24, 2.45) is 0 Å². The number of hydrogen-bond donors (Lipinski definition) is 3. The minimum absolute atomic E-state index is 0.312. The molecule has 0 fully saturated rings. The van der Waals surface area contributed by atoms with E-state index < -0.39 is 41.8 Å². The predicted octanol–water partition coefficient (Wildman–Crippen LogP) is 4.89. The third-order valence-corrected chi connectivity index (χ3v) is 5.72. The van der Waals surface area contributed by atoms with Crippen LogP contribution in [0.3, 0.4) is 0 Å². The second-order valence-electron chi connectivity index (χ2n) is 11.6. The molecular formula is C29H49N3O5. The molecule has 1 rings (SSSR count). The largest absolute Gasteiger partial charge is 0.444 e. The van der Waals surface area contributed by atoms with Gasteiger partial charge in [-0.25, -0.2) is 4.79 Å². The molecule has 1 aromatic carbocycles. The van der Waals surface area contributed by atoms with Crippen molar-refractivity contribution in [3.8, 4) is 0 Å².